The number of aromatic nitrogens is 3. The second-order valence-corrected chi connectivity index (χ2v) is 6.30. The maximum atomic E-state index is 11.8. The van der Waals surface area contributed by atoms with Crippen LogP contribution >= 0.6 is 0 Å². The van der Waals surface area contributed by atoms with E-state index >= 15 is 0 Å². The van der Waals surface area contributed by atoms with Crippen LogP contribution < -0.4 is 5.73 Å². The van der Waals surface area contributed by atoms with Crippen LogP contribution in [-0.4, -0.2) is 26.0 Å². The van der Waals surface area contributed by atoms with Gasteiger partial charge in [-0.3, -0.25) is 14.3 Å². The molecule has 2 aromatic heterocycles. The molecule has 1 amide bonds. The Morgan fingerprint density at radius 2 is 2.17 bits per heavy atom. The molecule has 0 aliphatic carbocycles. The van der Waals surface area contributed by atoms with Crippen molar-refractivity contribution in [3.8, 4) is 11.1 Å². The number of rotatable bonds is 4. The fraction of sp³-hybridized carbons (Fsp3) is 0.278. The van der Waals surface area contributed by atoms with E-state index in [1.807, 2.05) is 29.1 Å². The first kappa shape index (κ1) is 14.7. The Hall–Kier alpha value is -2.89. The SMILES string of the molecule is CC(=O)Cn1cc(C(N)=O)c2cc(-c3cnn4c3CCC4)ccc21. The van der Waals surface area contributed by atoms with Gasteiger partial charge in [0.1, 0.15) is 5.78 Å². The highest BCUT2D eigenvalue weighted by Gasteiger charge is 2.19. The molecule has 2 N–H and O–H groups in total. The van der Waals surface area contributed by atoms with Gasteiger partial charge in [0.05, 0.1) is 18.3 Å². The highest BCUT2D eigenvalue weighted by molar-refractivity contribution is 6.07. The second-order valence-electron chi connectivity index (χ2n) is 6.30. The lowest BCUT2D eigenvalue weighted by molar-refractivity contribution is -0.117. The number of carbonyl (C=O) groups is 2. The summed E-state index contributed by atoms with van der Waals surface area (Å²) in [6.07, 6.45) is 5.67. The minimum atomic E-state index is -0.486. The van der Waals surface area contributed by atoms with Gasteiger partial charge in [-0.15, -0.1) is 0 Å². The van der Waals surface area contributed by atoms with Gasteiger partial charge in [0.15, 0.2) is 0 Å². The molecule has 6 nitrogen and oxygen atoms in total. The maximum absolute atomic E-state index is 11.8. The zero-order valence-corrected chi connectivity index (χ0v) is 13.5. The molecule has 3 heterocycles. The normalized spacial score (nSPS) is 13.4. The Balaban J connectivity index is 1.89. The average Bonchev–Trinajstić information content (AvgIpc) is 3.20. The van der Waals surface area contributed by atoms with Crippen LogP contribution in [0.4, 0.5) is 0 Å². The van der Waals surface area contributed by atoms with E-state index in [4.69, 9.17) is 5.73 Å². The molecule has 0 atom stereocenters. The van der Waals surface area contributed by atoms with E-state index in [0.717, 1.165) is 41.4 Å². The summed E-state index contributed by atoms with van der Waals surface area (Å²) < 4.78 is 3.82. The molecule has 1 aliphatic heterocycles. The Kier molecular flexibility index (Phi) is 3.26. The fourth-order valence-electron chi connectivity index (χ4n) is 3.54. The monoisotopic (exact) mass is 322 g/mol. The molecule has 0 fully saturated rings. The Morgan fingerprint density at radius 3 is 2.92 bits per heavy atom. The van der Waals surface area contributed by atoms with E-state index in [-0.39, 0.29) is 12.3 Å². The topological polar surface area (TPSA) is 82.9 Å². The highest BCUT2D eigenvalue weighted by atomic mass is 16.1. The number of nitrogens with zero attached hydrogens (tertiary/aromatic N) is 3. The lowest BCUT2D eigenvalue weighted by Gasteiger charge is -2.05. The Labute approximate surface area is 138 Å². The third-order valence-electron chi connectivity index (χ3n) is 4.58. The fourth-order valence-corrected chi connectivity index (χ4v) is 3.54. The van der Waals surface area contributed by atoms with E-state index in [9.17, 15) is 9.59 Å². The number of primary amides is 1. The van der Waals surface area contributed by atoms with Crippen LogP contribution in [0.15, 0.2) is 30.6 Å². The molecule has 0 saturated heterocycles. The van der Waals surface area contributed by atoms with E-state index in [0.29, 0.717) is 5.56 Å². The number of carbonyl (C=O) groups excluding carboxylic acids is 2. The largest absolute Gasteiger partial charge is 0.366 e. The molecular weight excluding hydrogens is 304 g/mol. The van der Waals surface area contributed by atoms with Crippen LogP contribution in [0.25, 0.3) is 22.0 Å². The quantitative estimate of drug-likeness (QED) is 0.799. The Bertz CT molecular complexity index is 980. The van der Waals surface area contributed by atoms with Crippen LogP contribution in [0.2, 0.25) is 0 Å². The number of nitrogens with two attached hydrogens (primary N) is 1. The van der Waals surface area contributed by atoms with Crippen molar-refractivity contribution in [2.75, 3.05) is 0 Å². The van der Waals surface area contributed by atoms with Crippen LogP contribution in [0.5, 0.6) is 0 Å². The number of benzene rings is 1. The number of fused-ring (bicyclic) bond motifs is 2. The van der Waals surface area contributed by atoms with Gasteiger partial charge in [0.25, 0.3) is 5.91 Å². The summed E-state index contributed by atoms with van der Waals surface area (Å²) in [5.41, 5.74) is 10.2. The van der Waals surface area contributed by atoms with Gasteiger partial charge in [-0.1, -0.05) is 6.07 Å². The summed E-state index contributed by atoms with van der Waals surface area (Å²) in [4.78, 5) is 23.3. The summed E-state index contributed by atoms with van der Waals surface area (Å²) in [5.74, 6) is -0.457. The molecule has 3 aromatic rings. The predicted octanol–water partition coefficient (Wildman–Crippen LogP) is 2.14. The zero-order chi connectivity index (χ0) is 16.8. The summed E-state index contributed by atoms with van der Waals surface area (Å²) in [6.45, 7) is 2.71. The van der Waals surface area contributed by atoms with Gasteiger partial charge in [-0.05, 0) is 37.5 Å². The number of ketones is 1. The maximum Gasteiger partial charge on any atom is 0.250 e. The molecule has 0 radical (unpaired) electrons. The van der Waals surface area contributed by atoms with E-state index in [1.54, 1.807) is 10.8 Å². The molecule has 122 valence electrons. The van der Waals surface area contributed by atoms with Gasteiger partial charge in [-0.25, -0.2) is 0 Å². The minimum absolute atomic E-state index is 0.0291. The number of aryl methyl sites for hydroxylation is 1. The molecule has 1 aromatic carbocycles. The van der Waals surface area contributed by atoms with Crippen LogP contribution in [0, 0.1) is 0 Å². The number of hydrogen-bond acceptors (Lipinski definition) is 3. The molecule has 0 unspecified atom stereocenters. The summed E-state index contributed by atoms with van der Waals surface area (Å²) in [5, 5.41) is 5.21. The molecule has 0 saturated carbocycles. The van der Waals surface area contributed by atoms with Crippen LogP contribution in [-0.2, 0) is 24.3 Å². The van der Waals surface area contributed by atoms with Gasteiger partial charge >= 0.3 is 0 Å². The van der Waals surface area contributed by atoms with Gasteiger partial charge in [-0.2, -0.15) is 5.10 Å². The van der Waals surface area contributed by atoms with Crippen molar-refractivity contribution in [1.29, 1.82) is 0 Å². The standard InChI is InChI=1S/C18H18N4O2/c1-11(23)9-21-10-15(18(19)24)13-7-12(4-5-16(13)21)14-8-20-22-6-2-3-17(14)22/h4-5,7-8,10H,2-3,6,9H2,1H3,(H2,19,24). The lowest BCUT2D eigenvalue weighted by atomic mass is 10.0. The smallest absolute Gasteiger partial charge is 0.250 e. The zero-order valence-electron chi connectivity index (χ0n) is 13.5. The van der Waals surface area contributed by atoms with Crippen molar-refractivity contribution in [2.24, 2.45) is 5.73 Å². The predicted molar refractivity (Wildman–Crippen MR) is 90.7 cm³/mol. The van der Waals surface area contributed by atoms with Crippen molar-refractivity contribution < 1.29 is 9.59 Å². The first-order chi connectivity index (χ1) is 11.5. The minimum Gasteiger partial charge on any atom is -0.366 e. The molecule has 24 heavy (non-hydrogen) atoms. The third kappa shape index (κ3) is 2.22. The number of Topliss-reactive ketones (excluding diaryl/α,β-unsaturated/α-hetero) is 1. The van der Waals surface area contributed by atoms with Crippen molar-refractivity contribution >= 4 is 22.6 Å². The van der Waals surface area contributed by atoms with Crippen molar-refractivity contribution in [3.63, 3.8) is 0 Å². The van der Waals surface area contributed by atoms with Crippen molar-refractivity contribution in [2.45, 2.75) is 32.9 Å². The molecule has 6 heteroatoms. The van der Waals surface area contributed by atoms with Gasteiger partial charge in [0, 0.05) is 34.9 Å². The third-order valence-corrected chi connectivity index (χ3v) is 4.58. The molecule has 0 bridgehead atoms. The highest BCUT2D eigenvalue weighted by Crippen LogP contribution is 2.32. The van der Waals surface area contributed by atoms with Crippen molar-refractivity contribution in [1.82, 2.24) is 14.3 Å². The molecule has 1 aliphatic rings. The van der Waals surface area contributed by atoms with E-state index in [1.165, 1.54) is 12.6 Å². The van der Waals surface area contributed by atoms with E-state index in [2.05, 4.69) is 5.10 Å². The van der Waals surface area contributed by atoms with Crippen LogP contribution in [0.1, 0.15) is 29.4 Å². The first-order valence-corrected chi connectivity index (χ1v) is 8.02. The summed E-state index contributed by atoms with van der Waals surface area (Å²) in [6, 6.07) is 5.93. The molecule has 4 rings (SSSR count). The van der Waals surface area contributed by atoms with E-state index < -0.39 is 5.91 Å². The molecular formula is C18H18N4O2. The number of amides is 1. The summed E-state index contributed by atoms with van der Waals surface area (Å²) >= 11 is 0. The van der Waals surface area contributed by atoms with Gasteiger partial charge < -0.3 is 10.3 Å². The molecule has 0 spiro atoms. The van der Waals surface area contributed by atoms with Crippen LogP contribution in [0.3, 0.4) is 0 Å². The average molecular weight is 322 g/mol. The first-order valence-electron chi connectivity index (χ1n) is 8.02. The lowest BCUT2D eigenvalue weighted by Crippen LogP contribution is -2.10. The van der Waals surface area contributed by atoms with Crippen molar-refractivity contribution in [3.05, 3.63) is 41.9 Å². The number of hydrogen-bond donors (Lipinski definition) is 1. The Morgan fingerprint density at radius 1 is 1.33 bits per heavy atom. The summed E-state index contributed by atoms with van der Waals surface area (Å²) in [7, 11) is 0. The second kappa shape index (κ2) is 5.33. The van der Waals surface area contributed by atoms with Gasteiger partial charge in [0.2, 0.25) is 0 Å².